The molecule has 8 rings (SSSR count). The molecule has 13 nitrogen and oxygen atoms in total. The fraction of sp³-hybridized carbons (Fsp3) is 0.500. The lowest BCUT2D eigenvalue weighted by molar-refractivity contribution is 0.170. The minimum Gasteiger partial charge on any atom is -0.497 e. The second kappa shape index (κ2) is 18.1. The summed E-state index contributed by atoms with van der Waals surface area (Å²) in [5, 5.41) is 3.65. The molecular formula is C42H53N7O6. The third-order valence-corrected chi connectivity index (χ3v) is 11.4. The van der Waals surface area contributed by atoms with Crippen LogP contribution in [0.5, 0.6) is 23.0 Å². The second-order valence-corrected chi connectivity index (χ2v) is 15.0. The molecule has 2 saturated carbocycles. The van der Waals surface area contributed by atoms with E-state index in [1.807, 2.05) is 51.6 Å². The van der Waals surface area contributed by atoms with Gasteiger partial charge >= 0.3 is 0 Å². The van der Waals surface area contributed by atoms with Gasteiger partial charge in [0, 0.05) is 49.9 Å². The monoisotopic (exact) mass is 751 g/mol. The molecule has 1 aliphatic heterocycles. The van der Waals surface area contributed by atoms with Gasteiger partial charge in [-0.1, -0.05) is 0 Å². The standard InChI is InChI=1S/C25H30N4O4.C17H23N3O2/c1-31-20-6-7-21-22(13-20)29(25(30)16-28-21)9-8-17-2-4-18(5-3-17)26-14-19-12-23-24(15-27-19)33-11-10-32-23;1-22-14-6-7-15-16(10-14)20(17(21)11-19-15)9-8-12-2-4-13(18)5-3-12/h6-7,12-13,15-18,26H,2-5,8-11,14H2,1H3;6-7,10-13H,2-5,8-9,18H2,1H3. The Morgan fingerprint density at radius 1 is 0.691 bits per heavy atom. The van der Waals surface area contributed by atoms with E-state index in [1.54, 1.807) is 20.4 Å². The van der Waals surface area contributed by atoms with Crippen molar-refractivity contribution in [2.75, 3.05) is 27.4 Å². The van der Waals surface area contributed by atoms with E-state index in [0.29, 0.717) is 43.7 Å². The summed E-state index contributed by atoms with van der Waals surface area (Å²) in [5.41, 5.74) is 10.1. The van der Waals surface area contributed by atoms with Gasteiger partial charge in [0.2, 0.25) is 0 Å². The molecule has 0 unspecified atom stereocenters. The predicted molar refractivity (Wildman–Crippen MR) is 212 cm³/mol. The van der Waals surface area contributed by atoms with Gasteiger partial charge < -0.3 is 39.1 Å². The van der Waals surface area contributed by atoms with Gasteiger partial charge in [-0.3, -0.25) is 14.6 Å². The Morgan fingerprint density at radius 2 is 1.22 bits per heavy atom. The van der Waals surface area contributed by atoms with Crippen LogP contribution in [0.2, 0.25) is 0 Å². The molecule has 0 atom stereocenters. The van der Waals surface area contributed by atoms with Crippen molar-refractivity contribution in [3.05, 3.63) is 87.5 Å². The van der Waals surface area contributed by atoms with Crippen LogP contribution in [0.25, 0.3) is 22.1 Å². The number of pyridine rings is 1. The summed E-state index contributed by atoms with van der Waals surface area (Å²) in [6.45, 7) is 3.32. The van der Waals surface area contributed by atoms with Crippen molar-refractivity contribution in [2.45, 2.75) is 95.9 Å². The molecule has 55 heavy (non-hydrogen) atoms. The SMILES string of the molecule is COc1ccc2ncc(=O)n(CCC3CCC(N)CC3)c2c1.COc1ccc2ncc(=O)n(CCC3CCC(NCc4cc5c(cn4)OCCO5)CC3)c2c1. The summed E-state index contributed by atoms with van der Waals surface area (Å²) < 4.78 is 25.5. The fourth-order valence-electron chi connectivity index (χ4n) is 8.09. The van der Waals surface area contributed by atoms with Gasteiger partial charge in [-0.25, -0.2) is 9.97 Å². The highest BCUT2D eigenvalue weighted by Gasteiger charge is 2.22. The molecule has 3 N–H and O–H groups in total. The molecule has 13 heteroatoms. The Kier molecular flexibility index (Phi) is 12.6. The van der Waals surface area contributed by atoms with Gasteiger partial charge in [-0.2, -0.15) is 0 Å². The van der Waals surface area contributed by atoms with Crippen LogP contribution in [0, 0.1) is 11.8 Å². The Bertz CT molecular complexity index is 2170. The van der Waals surface area contributed by atoms with Gasteiger partial charge in [0.1, 0.15) is 24.7 Å². The van der Waals surface area contributed by atoms with Crippen molar-refractivity contribution in [1.82, 2.24) is 29.4 Å². The number of methoxy groups -OCH3 is 2. The maximum atomic E-state index is 12.5. The Balaban J connectivity index is 0.000000184. The maximum absolute atomic E-state index is 12.5. The molecule has 0 radical (unpaired) electrons. The fourth-order valence-corrected chi connectivity index (χ4v) is 8.09. The number of aromatic nitrogens is 5. The number of hydrogen-bond donors (Lipinski definition) is 2. The Morgan fingerprint density at radius 3 is 1.76 bits per heavy atom. The largest absolute Gasteiger partial charge is 0.497 e. The van der Waals surface area contributed by atoms with Crippen LogP contribution in [0.1, 0.15) is 69.9 Å². The van der Waals surface area contributed by atoms with Crippen LogP contribution < -0.4 is 41.1 Å². The summed E-state index contributed by atoms with van der Waals surface area (Å²) in [5.74, 6) is 4.29. The predicted octanol–water partition coefficient (Wildman–Crippen LogP) is 5.62. The highest BCUT2D eigenvalue weighted by molar-refractivity contribution is 5.77. The van der Waals surface area contributed by atoms with Gasteiger partial charge in [0.15, 0.2) is 11.5 Å². The molecule has 5 aromatic rings. The number of nitrogens with zero attached hydrogens (tertiary/aromatic N) is 5. The van der Waals surface area contributed by atoms with Gasteiger partial charge in [0.25, 0.3) is 11.1 Å². The zero-order valence-corrected chi connectivity index (χ0v) is 32.0. The molecule has 2 fully saturated rings. The molecule has 2 aromatic carbocycles. The number of fused-ring (bicyclic) bond motifs is 3. The minimum absolute atomic E-state index is 0.0479. The van der Waals surface area contributed by atoms with Gasteiger partial charge in [-0.05, 0) is 100 Å². The van der Waals surface area contributed by atoms with Crippen LogP contribution in [-0.2, 0) is 19.6 Å². The minimum atomic E-state index is -0.0574. The Hall–Kier alpha value is -5.01. The van der Waals surface area contributed by atoms with Crippen molar-refractivity contribution in [1.29, 1.82) is 0 Å². The van der Waals surface area contributed by atoms with Crippen LogP contribution >= 0.6 is 0 Å². The van der Waals surface area contributed by atoms with Crippen molar-refractivity contribution in [3.63, 3.8) is 0 Å². The van der Waals surface area contributed by atoms with Crippen molar-refractivity contribution in [3.8, 4) is 23.0 Å². The van der Waals surface area contributed by atoms with Crippen molar-refractivity contribution in [2.24, 2.45) is 17.6 Å². The summed E-state index contributed by atoms with van der Waals surface area (Å²) in [6, 6.07) is 14.2. The van der Waals surface area contributed by atoms with Crippen LogP contribution in [-0.4, -0.2) is 63.6 Å². The van der Waals surface area contributed by atoms with Crippen LogP contribution in [0.15, 0.2) is 70.6 Å². The van der Waals surface area contributed by atoms with Crippen molar-refractivity contribution >= 4 is 22.1 Å². The molecule has 292 valence electrons. The highest BCUT2D eigenvalue weighted by atomic mass is 16.6. The molecule has 0 bridgehead atoms. The van der Waals surface area contributed by atoms with Gasteiger partial charge in [-0.15, -0.1) is 0 Å². The zero-order chi connectivity index (χ0) is 38.1. The van der Waals surface area contributed by atoms with E-state index in [9.17, 15) is 9.59 Å². The number of rotatable bonds is 11. The normalized spacial score (nSPS) is 20.8. The first-order valence-corrected chi connectivity index (χ1v) is 19.7. The molecule has 3 aliphatic rings. The lowest BCUT2D eigenvalue weighted by Gasteiger charge is -2.29. The number of hydrogen-bond acceptors (Lipinski definition) is 11. The topological polar surface area (TPSA) is 158 Å². The second-order valence-electron chi connectivity index (χ2n) is 15.0. The smallest absolute Gasteiger partial charge is 0.269 e. The quantitative estimate of drug-likeness (QED) is 0.173. The molecule has 2 aliphatic carbocycles. The number of aryl methyl sites for hydroxylation is 2. The summed E-state index contributed by atoms with van der Waals surface area (Å²) in [4.78, 5) is 37.7. The average molecular weight is 752 g/mol. The molecule has 3 aromatic heterocycles. The lowest BCUT2D eigenvalue weighted by Crippen LogP contribution is -2.33. The highest BCUT2D eigenvalue weighted by Crippen LogP contribution is 2.31. The van der Waals surface area contributed by atoms with Crippen LogP contribution in [0.4, 0.5) is 0 Å². The first kappa shape index (κ1) is 38.3. The molecular weight excluding hydrogens is 699 g/mol. The maximum Gasteiger partial charge on any atom is 0.269 e. The van der Waals surface area contributed by atoms with Gasteiger partial charge in [0.05, 0.1) is 60.6 Å². The summed E-state index contributed by atoms with van der Waals surface area (Å²) in [7, 11) is 3.27. The summed E-state index contributed by atoms with van der Waals surface area (Å²) >= 11 is 0. The number of ether oxygens (including phenoxy) is 4. The molecule has 0 amide bonds. The zero-order valence-electron chi connectivity index (χ0n) is 32.0. The lowest BCUT2D eigenvalue weighted by atomic mass is 9.84. The molecule has 4 heterocycles. The molecule has 0 spiro atoms. The Labute approximate surface area is 321 Å². The van der Waals surface area contributed by atoms with E-state index in [-0.39, 0.29) is 11.1 Å². The van der Waals surface area contributed by atoms with E-state index in [0.717, 1.165) is 115 Å². The van der Waals surface area contributed by atoms with Crippen molar-refractivity contribution < 1.29 is 18.9 Å². The number of benzene rings is 2. The first-order chi connectivity index (χ1) is 26.9. The van der Waals surface area contributed by atoms with E-state index < -0.39 is 0 Å². The third-order valence-electron chi connectivity index (χ3n) is 11.4. The third kappa shape index (κ3) is 9.63. The summed E-state index contributed by atoms with van der Waals surface area (Å²) in [6.07, 6.45) is 15.7. The number of nitrogens with one attached hydrogen (secondary N) is 1. The molecule has 0 saturated heterocycles. The van der Waals surface area contributed by atoms with Crippen LogP contribution in [0.3, 0.4) is 0 Å². The van der Waals surface area contributed by atoms with E-state index >= 15 is 0 Å². The first-order valence-electron chi connectivity index (χ1n) is 19.7. The average Bonchev–Trinajstić information content (AvgIpc) is 3.23. The van der Waals surface area contributed by atoms with E-state index in [4.69, 9.17) is 24.7 Å². The van der Waals surface area contributed by atoms with E-state index in [2.05, 4.69) is 20.3 Å². The van der Waals surface area contributed by atoms with E-state index in [1.165, 1.54) is 25.2 Å². The number of nitrogens with two attached hydrogens (primary N) is 1.